The number of thioether (sulfide) groups is 1. The van der Waals surface area contributed by atoms with Gasteiger partial charge in [0.1, 0.15) is 6.33 Å². The minimum atomic E-state index is -0.459. The van der Waals surface area contributed by atoms with E-state index in [1.165, 1.54) is 30.2 Å². The molecular formula is C12H10N6O3S. The fourth-order valence-electron chi connectivity index (χ4n) is 1.71. The van der Waals surface area contributed by atoms with Crippen molar-refractivity contribution >= 4 is 17.4 Å². The third kappa shape index (κ3) is 2.96. The van der Waals surface area contributed by atoms with Crippen molar-refractivity contribution in [3.63, 3.8) is 0 Å². The Morgan fingerprint density at radius 1 is 1.32 bits per heavy atom. The molecular weight excluding hydrogens is 308 g/mol. The molecule has 0 radical (unpaired) electrons. The van der Waals surface area contributed by atoms with E-state index in [0.717, 1.165) is 0 Å². The second-order valence-corrected chi connectivity index (χ2v) is 5.63. The van der Waals surface area contributed by atoms with Crippen LogP contribution < -0.4 is 0 Å². The number of nitrogens with zero attached hydrogens (tertiary/aromatic N) is 5. The average Bonchev–Trinajstić information content (AvgIpc) is 3.18. The molecule has 0 amide bonds. The van der Waals surface area contributed by atoms with Gasteiger partial charge in [-0.1, -0.05) is 11.8 Å². The van der Waals surface area contributed by atoms with E-state index in [2.05, 4.69) is 25.4 Å². The molecule has 112 valence electrons. The number of aromatic amines is 1. The molecule has 3 rings (SSSR count). The summed E-state index contributed by atoms with van der Waals surface area (Å²) in [5.74, 6) is 0.754. The lowest BCUT2D eigenvalue weighted by atomic mass is 10.2. The summed E-state index contributed by atoms with van der Waals surface area (Å²) < 4.78 is 5.61. The minimum Gasteiger partial charge on any atom is -0.419 e. The molecule has 2 heterocycles. The van der Waals surface area contributed by atoms with Gasteiger partial charge in [-0.3, -0.25) is 15.2 Å². The van der Waals surface area contributed by atoms with Gasteiger partial charge in [-0.05, 0) is 19.1 Å². The molecule has 9 nitrogen and oxygen atoms in total. The van der Waals surface area contributed by atoms with Crippen LogP contribution in [0.5, 0.6) is 0 Å². The molecule has 3 aromatic rings. The van der Waals surface area contributed by atoms with Crippen molar-refractivity contribution in [1.29, 1.82) is 0 Å². The number of H-pyrrole nitrogens is 1. The number of hydrogen-bond acceptors (Lipinski definition) is 8. The largest absolute Gasteiger partial charge is 0.419 e. The molecule has 0 aliphatic heterocycles. The van der Waals surface area contributed by atoms with E-state index < -0.39 is 4.92 Å². The molecule has 0 aliphatic carbocycles. The second-order valence-electron chi connectivity index (χ2n) is 4.30. The van der Waals surface area contributed by atoms with E-state index in [0.29, 0.717) is 22.5 Å². The Balaban J connectivity index is 1.76. The molecule has 0 fully saturated rings. The quantitative estimate of drug-likeness (QED) is 0.432. The van der Waals surface area contributed by atoms with Crippen LogP contribution in [-0.2, 0) is 0 Å². The number of hydrogen-bond donors (Lipinski definition) is 1. The second kappa shape index (κ2) is 5.93. The summed E-state index contributed by atoms with van der Waals surface area (Å²) in [5, 5.41) is 25.7. The van der Waals surface area contributed by atoms with E-state index in [1.807, 2.05) is 6.92 Å². The van der Waals surface area contributed by atoms with Gasteiger partial charge in [-0.25, -0.2) is 4.98 Å². The van der Waals surface area contributed by atoms with Crippen LogP contribution in [0.4, 0.5) is 5.69 Å². The van der Waals surface area contributed by atoms with Gasteiger partial charge in [0, 0.05) is 17.7 Å². The first-order chi connectivity index (χ1) is 10.6. The van der Waals surface area contributed by atoms with Crippen LogP contribution in [0.3, 0.4) is 0 Å². The Labute approximate surface area is 128 Å². The van der Waals surface area contributed by atoms with Crippen molar-refractivity contribution in [2.45, 2.75) is 17.3 Å². The SMILES string of the molecule is C[C@@H](Sc1ncn[nH]1)c1nnc(-c2ccc([N+](=O)[O-])cc2)o1. The van der Waals surface area contributed by atoms with E-state index in [1.54, 1.807) is 12.1 Å². The fourth-order valence-corrected chi connectivity index (χ4v) is 2.45. The minimum absolute atomic E-state index is 0.0118. The van der Waals surface area contributed by atoms with Crippen molar-refractivity contribution < 1.29 is 9.34 Å². The summed E-state index contributed by atoms with van der Waals surface area (Å²) in [7, 11) is 0. The number of nitrogens with one attached hydrogen (secondary N) is 1. The standard InChI is InChI=1S/C12H10N6O3S/c1-7(22-12-13-6-14-17-12)10-15-16-11(21-10)8-2-4-9(5-3-8)18(19)20/h2-7H,1H3,(H,13,14,17)/t7-/m1/s1. The van der Waals surface area contributed by atoms with Gasteiger partial charge in [0.15, 0.2) is 5.16 Å². The highest BCUT2D eigenvalue weighted by Gasteiger charge is 2.18. The molecule has 22 heavy (non-hydrogen) atoms. The first-order valence-corrected chi connectivity index (χ1v) is 7.11. The molecule has 0 unspecified atom stereocenters. The van der Waals surface area contributed by atoms with E-state index in [4.69, 9.17) is 4.42 Å². The highest BCUT2D eigenvalue weighted by molar-refractivity contribution is 7.99. The zero-order chi connectivity index (χ0) is 15.5. The Kier molecular flexibility index (Phi) is 3.83. The maximum atomic E-state index is 10.6. The first-order valence-electron chi connectivity index (χ1n) is 6.24. The first kappa shape index (κ1) is 14.2. The lowest BCUT2D eigenvalue weighted by Crippen LogP contribution is -1.89. The van der Waals surface area contributed by atoms with Crippen molar-refractivity contribution in [2.75, 3.05) is 0 Å². The number of nitro benzene ring substituents is 1. The molecule has 0 bridgehead atoms. The van der Waals surface area contributed by atoms with E-state index in [-0.39, 0.29) is 10.9 Å². The van der Waals surface area contributed by atoms with Gasteiger partial charge in [0.25, 0.3) is 5.69 Å². The number of non-ortho nitro benzene ring substituents is 1. The van der Waals surface area contributed by atoms with Gasteiger partial charge >= 0.3 is 0 Å². The topological polar surface area (TPSA) is 124 Å². The number of nitro groups is 1. The van der Waals surface area contributed by atoms with Gasteiger partial charge in [-0.15, -0.1) is 10.2 Å². The smallest absolute Gasteiger partial charge is 0.269 e. The monoisotopic (exact) mass is 318 g/mol. The predicted molar refractivity (Wildman–Crippen MR) is 77.0 cm³/mol. The van der Waals surface area contributed by atoms with Crippen molar-refractivity contribution in [3.05, 3.63) is 46.6 Å². The molecule has 2 aromatic heterocycles. The van der Waals surface area contributed by atoms with E-state index >= 15 is 0 Å². The summed E-state index contributed by atoms with van der Waals surface area (Å²) in [6, 6.07) is 5.94. The van der Waals surface area contributed by atoms with Gasteiger partial charge < -0.3 is 4.42 Å². The molecule has 0 aliphatic rings. The molecule has 1 aromatic carbocycles. The molecule has 0 spiro atoms. The highest BCUT2D eigenvalue weighted by atomic mass is 32.2. The maximum Gasteiger partial charge on any atom is 0.269 e. The molecule has 0 saturated heterocycles. The molecule has 10 heteroatoms. The van der Waals surface area contributed by atoms with Crippen LogP contribution in [0.2, 0.25) is 0 Å². The number of benzene rings is 1. The van der Waals surface area contributed by atoms with Crippen LogP contribution in [0.25, 0.3) is 11.5 Å². The van der Waals surface area contributed by atoms with Crippen LogP contribution in [0, 0.1) is 10.1 Å². The van der Waals surface area contributed by atoms with Crippen LogP contribution in [-0.4, -0.2) is 30.3 Å². The van der Waals surface area contributed by atoms with Gasteiger partial charge in [0.05, 0.1) is 10.2 Å². The molecule has 1 N–H and O–H groups in total. The summed E-state index contributed by atoms with van der Waals surface area (Å²) in [6.45, 7) is 1.90. The fraction of sp³-hybridized carbons (Fsp3) is 0.167. The van der Waals surface area contributed by atoms with Crippen molar-refractivity contribution in [1.82, 2.24) is 25.4 Å². The van der Waals surface area contributed by atoms with Crippen molar-refractivity contribution in [3.8, 4) is 11.5 Å². The molecule has 1 atom stereocenters. The third-order valence-corrected chi connectivity index (χ3v) is 3.77. The average molecular weight is 318 g/mol. The molecule has 0 saturated carbocycles. The normalized spacial score (nSPS) is 12.2. The Bertz CT molecular complexity index is 771. The van der Waals surface area contributed by atoms with Crippen LogP contribution in [0.15, 0.2) is 40.2 Å². The zero-order valence-electron chi connectivity index (χ0n) is 11.3. The lowest BCUT2D eigenvalue weighted by Gasteiger charge is -2.02. The highest BCUT2D eigenvalue weighted by Crippen LogP contribution is 2.33. The predicted octanol–water partition coefficient (Wildman–Crippen LogP) is 2.62. The van der Waals surface area contributed by atoms with Gasteiger partial charge in [-0.2, -0.15) is 5.10 Å². The van der Waals surface area contributed by atoms with E-state index in [9.17, 15) is 10.1 Å². The Morgan fingerprint density at radius 2 is 2.09 bits per heavy atom. The Morgan fingerprint density at radius 3 is 2.73 bits per heavy atom. The summed E-state index contributed by atoms with van der Waals surface area (Å²) in [4.78, 5) is 14.2. The Hall–Kier alpha value is -2.75. The van der Waals surface area contributed by atoms with Crippen molar-refractivity contribution in [2.24, 2.45) is 0 Å². The third-order valence-electron chi connectivity index (χ3n) is 2.79. The summed E-state index contributed by atoms with van der Waals surface area (Å²) >= 11 is 1.40. The van der Waals surface area contributed by atoms with Crippen LogP contribution in [0.1, 0.15) is 18.1 Å². The maximum absolute atomic E-state index is 10.6. The number of rotatable bonds is 5. The summed E-state index contributed by atoms with van der Waals surface area (Å²) in [5.41, 5.74) is 0.638. The lowest BCUT2D eigenvalue weighted by molar-refractivity contribution is -0.384. The summed E-state index contributed by atoms with van der Waals surface area (Å²) in [6.07, 6.45) is 1.42. The van der Waals surface area contributed by atoms with Crippen LogP contribution >= 0.6 is 11.8 Å². The zero-order valence-corrected chi connectivity index (χ0v) is 12.1. The number of aromatic nitrogens is 5. The van der Waals surface area contributed by atoms with Gasteiger partial charge in [0.2, 0.25) is 11.8 Å².